The van der Waals surface area contributed by atoms with Gasteiger partial charge in [0.1, 0.15) is 0 Å². The van der Waals surface area contributed by atoms with Gasteiger partial charge in [-0.3, -0.25) is 9.59 Å². The minimum absolute atomic E-state index is 0.542. The van der Waals surface area contributed by atoms with Crippen LogP contribution in [0.5, 0.6) is 0 Å². The molecule has 1 amide bonds. The minimum Gasteiger partial charge on any atom is -0.480 e. The van der Waals surface area contributed by atoms with E-state index in [-0.39, 0.29) is 0 Å². The fraction of sp³-hybridized carbons (Fsp3) is 0.375. The van der Waals surface area contributed by atoms with Crippen molar-refractivity contribution < 1.29 is 14.7 Å². The summed E-state index contributed by atoms with van der Waals surface area (Å²) in [4.78, 5) is 25.2. The van der Waals surface area contributed by atoms with E-state index >= 15 is 0 Å². The third-order valence-electron chi connectivity index (χ3n) is 1.67. The molecule has 0 aromatic heterocycles. The zero-order valence-corrected chi connectivity index (χ0v) is 6.87. The first kappa shape index (κ1) is 8.64. The first-order valence-corrected chi connectivity index (χ1v) is 3.52. The molecule has 1 N–H and O–H groups in total. The molecule has 0 unspecified atom stereocenters. The molecule has 0 fully saturated rings. The Morgan fingerprint density at radius 3 is 2.58 bits per heavy atom. The molecule has 0 radical (unpaired) electrons. The van der Waals surface area contributed by atoms with Crippen molar-refractivity contribution in [2.45, 2.75) is 13.8 Å². The van der Waals surface area contributed by atoms with Crippen LogP contribution in [0.2, 0.25) is 0 Å². The van der Waals surface area contributed by atoms with E-state index in [9.17, 15) is 9.59 Å². The maximum atomic E-state index is 11.0. The zero-order valence-electron chi connectivity index (χ0n) is 6.87. The van der Waals surface area contributed by atoms with E-state index < -0.39 is 17.8 Å². The molecule has 0 aromatic rings. The fourth-order valence-electron chi connectivity index (χ4n) is 1.18. The SMILES string of the molecule is CC1=CC(C)=NC(=O)[C@H]1C(=O)O. The van der Waals surface area contributed by atoms with Crippen LogP contribution >= 0.6 is 0 Å². The molecular formula is C8H9NO3. The summed E-state index contributed by atoms with van der Waals surface area (Å²) in [6.07, 6.45) is 1.61. The zero-order chi connectivity index (χ0) is 9.30. The average molecular weight is 167 g/mol. The molecule has 0 saturated carbocycles. The molecule has 0 aliphatic carbocycles. The van der Waals surface area contributed by atoms with Crippen LogP contribution < -0.4 is 0 Å². The van der Waals surface area contributed by atoms with Crippen molar-refractivity contribution in [3.05, 3.63) is 11.6 Å². The normalized spacial score (nSPS) is 23.2. The van der Waals surface area contributed by atoms with Gasteiger partial charge in [-0.25, -0.2) is 4.99 Å². The molecule has 0 saturated heterocycles. The Balaban J connectivity index is 3.03. The number of carbonyl (C=O) groups excluding carboxylic acids is 1. The van der Waals surface area contributed by atoms with Crippen LogP contribution in [0.25, 0.3) is 0 Å². The topological polar surface area (TPSA) is 66.7 Å². The smallest absolute Gasteiger partial charge is 0.320 e. The second-order valence-corrected chi connectivity index (χ2v) is 2.75. The van der Waals surface area contributed by atoms with E-state index in [0.29, 0.717) is 11.3 Å². The number of aliphatic imine (C=N–C) groups is 1. The second-order valence-electron chi connectivity index (χ2n) is 2.75. The molecule has 1 heterocycles. The standard InChI is InChI=1S/C8H9NO3/c1-4-3-5(2)9-7(10)6(4)8(11)12/h3,6H,1-2H3,(H,11,12)/t6-/m0/s1. The predicted molar refractivity (Wildman–Crippen MR) is 43.0 cm³/mol. The van der Waals surface area contributed by atoms with Crippen molar-refractivity contribution in [1.82, 2.24) is 0 Å². The number of rotatable bonds is 1. The number of amides is 1. The summed E-state index contributed by atoms with van der Waals surface area (Å²) in [7, 11) is 0. The summed E-state index contributed by atoms with van der Waals surface area (Å²) in [5, 5.41) is 8.63. The van der Waals surface area contributed by atoms with E-state index in [4.69, 9.17) is 5.11 Å². The van der Waals surface area contributed by atoms with Crippen LogP contribution in [0, 0.1) is 5.92 Å². The molecule has 4 heteroatoms. The van der Waals surface area contributed by atoms with Crippen molar-refractivity contribution in [3.63, 3.8) is 0 Å². The van der Waals surface area contributed by atoms with Gasteiger partial charge in [0, 0.05) is 5.71 Å². The van der Waals surface area contributed by atoms with Crippen LogP contribution in [0.3, 0.4) is 0 Å². The molecule has 1 aliphatic rings. The first-order chi connectivity index (χ1) is 5.52. The molecule has 1 aliphatic heterocycles. The average Bonchev–Trinajstić information content (AvgIpc) is 1.82. The van der Waals surface area contributed by atoms with E-state index in [1.165, 1.54) is 0 Å². The molecule has 1 rings (SSSR count). The summed E-state index contributed by atoms with van der Waals surface area (Å²) in [5.41, 5.74) is 1.11. The Morgan fingerprint density at radius 2 is 2.17 bits per heavy atom. The maximum absolute atomic E-state index is 11.0. The van der Waals surface area contributed by atoms with Gasteiger partial charge >= 0.3 is 5.97 Å². The van der Waals surface area contributed by atoms with Gasteiger partial charge in [0.2, 0.25) is 0 Å². The highest BCUT2D eigenvalue weighted by molar-refractivity contribution is 6.11. The lowest BCUT2D eigenvalue weighted by molar-refractivity contribution is -0.144. The maximum Gasteiger partial charge on any atom is 0.320 e. The minimum atomic E-state index is -1.13. The van der Waals surface area contributed by atoms with Gasteiger partial charge in [-0.15, -0.1) is 0 Å². The van der Waals surface area contributed by atoms with E-state index in [1.807, 2.05) is 0 Å². The molecule has 4 nitrogen and oxygen atoms in total. The van der Waals surface area contributed by atoms with Gasteiger partial charge in [0.15, 0.2) is 5.92 Å². The molecular weight excluding hydrogens is 158 g/mol. The third kappa shape index (κ3) is 1.42. The van der Waals surface area contributed by atoms with E-state index in [0.717, 1.165) is 0 Å². The van der Waals surface area contributed by atoms with Crippen molar-refractivity contribution >= 4 is 17.6 Å². The number of carboxylic acids is 1. The third-order valence-corrected chi connectivity index (χ3v) is 1.67. The highest BCUT2D eigenvalue weighted by atomic mass is 16.4. The quantitative estimate of drug-likeness (QED) is 0.582. The van der Waals surface area contributed by atoms with Crippen molar-refractivity contribution in [1.29, 1.82) is 0 Å². The van der Waals surface area contributed by atoms with Gasteiger partial charge in [-0.1, -0.05) is 0 Å². The number of hydrogen-bond donors (Lipinski definition) is 1. The van der Waals surface area contributed by atoms with Crippen molar-refractivity contribution in [3.8, 4) is 0 Å². The monoisotopic (exact) mass is 167 g/mol. The molecule has 64 valence electrons. The summed E-state index contributed by atoms with van der Waals surface area (Å²) in [6, 6.07) is 0. The Bertz CT molecular complexity index is 301. The Labute approximate surface area is 69.6 Å². The highest BCUT2D eigenvalue weighted by Crippen LogP contribution is 2.17. The number of hydrogen-bond acceptors (Lipinski definition) is 2. The van der Waals surface area contributed by atoms with Crippen LogP contribution in [-0.2, 0) is 9.59 Å². The van der Waals surface area contributed by atoms with Crippen LogP contribution in [0.15, 0.2) is 16.6 Å². The van der Waals surface area contributed by atoms with Gasteiger partial charge in [-0.05, 0) is 25.5 Å². The number of nitrogens with zero attached hydrogens (tertiary/aromatic N) is 1. The van der Waals surface area contributed by atoms with Gasteiger partial charge in [0.25, 0.3) is 5.91 Å². The number of allylic oxidation sites excluding steroid dienone is 1. The molecule has 0 aromatic carbocycles. The molecule has 0 bridgehead atoms. The van der Waals surface area contributed by atoms with Crippen LogP contribution in [-0.4, -0.2) is 22.7 Å². The number of carbonyl (C=O) groups is 2. The summed E-state index contributed by atoms with van der Waals surface area (Å²) >= 11 is 0. The predicted octanol–water partition coefficient (Wildman–Crippen LogP) is 0.635. The van der Waals surface area contributed by atoms with Crippen LogP contribution in [0.1, 0.15) is 13.8 Å². The number of carboxylic acid groups (broad SMARTS) is 1. The Morgan fingerprint density at radius 1 is 1.58 bits per heavy atom. The molecule has 1 atom stereocenters. The largest absolute Gasteiger partial charge is 0.480 e. The van der Waals surface area contributed by atoms with Gasteiger partial charge < -0.3 is 5.11 Å². The van der Waals surface area contributed by atoms with Gasteiger partial charge in [0.05, 0.1) is 0 Å². The molecule has 0 spiro atoms. The summed E-state index contributed by atoms with van der Waals surface area (Å²) in [5.74, 6) is -2.79. The van der Waals surface area contributed by atoms with E-state index in [1.54, 1.807) is 19.9 Å². The lowest BCUT2D eigenvalue weighted by Gasteiger charge is -2.13. The fourth-order valence-corrected chi connectivity index (χ4v) is 1.18. The van der Waals surface area contributed by atoms with Crippen molar-refractivity contribution in [2.75, 3.05) is 0 Å². The number of dihydropyridines is 1. The Hall–Kier alpha value is -1.45. The highest BCUT2D eigenvalue weighted by Gasteiger charge is 2.29. The van der Waals surface area contributed by atoms with Crippen LogP contribution in [0.4, 0.5) is 0 Å². The van der Waals surface area contributed by atoms with Crippen molar-refractivity contribution in [2.24, 2.45) is 10.9 Å². The summed E-state index contributed by atoms with van der Waals surface area (Å²) in [6.45, 7) is 3.29. The summed E-state index contributed by atoms with van der Waals surface area (Å²) < 4.78 is 0. The van der Waals surface area contributed by atoms with Gasteiger partial charge in [-0.2, -0.15) is 0 Å². The lowest BCUT2D eigenvalue weighted by atomic mass is 9.96. The molecule has 12 heavy (non-hydrogen) atoms. The second kappa shape index (κ2) is 2.89. The lowest BCUT2D eigenvalue weighted by Crippen LogP contribution is -2.27. The Kier molecular flexibility index (Phi) is 2.08. The van der Waals surface area contributed by atoms with E-state index in [2.05, 4.69) is 4.99 Å². The first-order valence-electron chi connectivity index (χ1n) is 3.52. The number of aliphatic carboxylic acids is 1.